The molecule has 4 rings (SSSR count). The SMILES string of the molecule is CC(C)(C)c1nsc(NCCCCNc2cccc3c2C(=O)N(C2CCC(=O)NC2=O)C3=O)n1. The van der Waals surface area contributed by atoms with Crippen molar-refractivity contribution in [1.82, 2.24) is 19.6 Å². The Kier molecular flexibility index (Phi) is 6.65. The fraction of sp³-hybridized carbons (Fsp3) is 0.478. The van der Waals surface area contributed by atoms with Gasteiger partial charge in [-0.1, -0.05) is 26.8 Å². The number of carbonyl (C=O) groups is 4. The molecule has 11 heteroatoms. The predicted molar refractivity (Wildman–Crippen MR) is 128 cm³/mol. The molecule has 0 saturated carbocycles. The summed E-state index contributed by atoms with van der Waals surface area (Å²) < 4.78 is 4.39. The van der Waals surface area contributed by atoms with Gasteiger partial charge in [-0.15, -0.1) is 0 Å². The second-order valence-electron chi connectivity index (χ2n) is 9.41. The van der Waals surface area contributed by atoms with Crippen LogP contribution >= 0.6 is 11.5 Å². The van der Waals surface area contributed by atoms with Crippen molar-refractivity contribution in [3.63, 3.8) is 0 Å². The molecule has 2 aliphatic heterocycles. The third-order valence-electron chi connectivity index (χ3n) is 5.76. The largest absolute Gasteiger partial charge is 0.384 e. The maximum absolute atomic E-state index is 13.1. The Balaban J connectivity index is 1.31. The smallest absolute Gasteiger partial charge is 0.264 e. The van der Waals surface area contributed by atoms with Crippen LogP contribution < -0.4 is 16.0 Å². The van der Waals surface area contributed by atoms with Gasteiger partial charge in [-0.2, -0.15) is 4.37 Å². The quantitative estimate of drug-likeness (QED) is 0.385. The van der Waals surface area contributed by atoms with Gasteiger partial charge in [0.1, 0.15) is 11.9 Å². The molecular formula is C23H28N6O4S. The summed E-state index contributed by atoms with van der Waals surface area (Å²) in [4.78, 5) is 55.2. The van der Waals surface area contributed by atoms with Crippen molar-refractivity contribution in [1.29, 1.82) is 0 Å². The van der Waals surface area contributed by atoms with Crippen LogP contribution in [0.4, 0.5) is 10.8 Å². The second kappa shape index (κ2) is 9.49. The number of nitrogens with zero attached hydrogens (tertiary/aromatic N) is 3. The number of aromatic nitrogens is 2. The van der Waals surface area contributed by atoms with Gasteiger partial charge >= 0.3 is 0 Å². The molecule has 180 valence electrons. The van der Waals surface area contributed by atoms with Crippen molar-refractivity contribution in [3.05, 3.63) is 35.2 Å². The molecule has 1 unspecified atom stereocenters. The Morgan fingerprint density at radius 3 is 2.50 bits per heavy atom. The third-order valence-corrected chi connectivity index (χ3v) is 6.43. The van der Waals surface area contributed by atoms with E-state index in [1.807, 2.05) is 0 Å². The Labute approximate surface area is 201 Å². The Hall–Kier alpha value is -3.34. The van der Waals surface area contributed by atoms with Gasteiger partial charge in [0, 0.05) is 42.1 Å². The van der Waals surface area contributed by atoms with E-state index in [9.17, 15) is 19.2 Å². The normalized spacial score (nSPS) is 18.2. The highest BCUT2D eigenvalue weighted by atomic mass is 32.1. The van der Waals surface area contributed by atoms with Gasteiger partial charge in [0.15, 0.2) is 0 Å². The van der Waals surface area contributed by atoms with Gasteiger partial charge in [-0.05, 0) is 31.4 Å². The molecule has 0 radical (unpaired) electrons. The zero-order valence-corrected chi connectivity index (χ0v) is 20.3. The maximum Gasteiger partial charge on any atom is 0.264 e. The number of anilines is 2. The molecule has 1 fully saturated rings. The molecule has 1 aromatic carbocycles. The van der Waals surface area contributed by atoms with E-state index in [0.29, 0.717) is 12.2 Å². The highest BCUT2D eigenvalue weighted by molar-refractivity contribution is 7.09. The maximum atomic E-state index is 13.1. The van der Waals surface area contributed by atoms with E-state index in [4.69, 9.17) is 0 Å². The molecule has 1 aromatic heterocycles. The van der Waals surface area contributed by atoms with Crippen molar-refractivity contribution in [2.45, 2.75) is 57.9 Å². The summed E-state index contributed by atoms with van der Waals surface area (Å²) in [6, 6.07) is 4.09. The topological polar surface area (TPSA) is 133 Å². The van der Waals surface area contributed by atoms with Crippen LogP contribution in [0.5, 0.6) is 0 Å². The number of piperidine rings is 1. The van der Waals surface area contributed by atoms with E-state index < -0.39 is 29.7 Å². The molecule has 4 amide bonds. The molecule has 1 atom stereocenters. The lowest BCUT2D eigenvalue weighted by Crippen LogP contribution is -2.54. The van der Waals surface area contributed by atoms with E-state index in [1.54, 1.807) is 18.2 Å². The van der Waals surface area contributed by atoms with Gasteiger partial charge in [-0.3, -0.25) is 29.4 Å². The van der Waals surface area contributed by atoms with E-state index in [1.165, 1.54) is 11.5 Å². The summed E-state index contributed by atoms with van der Waals surface area (Å²) in [7, 11) is 0. The molecular weight excluding hydrogens is 456 g/mol. The fourth-order valence-corrected chi connectivity index (χ4v) is 4.71. The summed E-state index contributed by atoms with van der Waals surface area (Å²) >= 11 is 1.35. The first-order chi connectivity index (χ1) is 16.2. The van der Waals surface area contributed by atoms with Gasteiger partial charge < -0.3 is 10.6 Å². The van der Waals surface area contributed by atoms with Crippen LogP contribution in [0, 0.1) is 0 Å². The predicted octanol–water partition coefficient (Wildman–Crippen LogP) is 2.54. The standard InChI is InChI=1S/C23H28N6O4S/c1-23(2,3)21-27-22(34-28-21)25-12-5-4-11-24-14-8-6-7-13-17(14)20(33)29(19(13)32)15-9-10-16(30)26-18(15)31/h6-8,15,24H,4-5,9-12H2,1-3H3,(H,25,27,28)(H,26,30,31). The highest BCUT2D eigenvalue weighted by Gasteiger charge is 2.45. The number of rotatable bonds is 8. The molecule has 34 heavy (non-hydrogen) atoms. The average molecular weight is 485 g/mol. The van der Waals surface area contributed by atoms with Crippen LogP contribution in [-0.2, 0) is 15.0 Å². The number of carbonyl (C=O) groups excluding carboxylic acids is 4. The lowest BCUT2D eigenvalue weighted by atomic mass is 9.96. The van der Waals surface area contributed by atoms with Gasteiger partial charge in [0.2, 0.25) is 16.9 Å². The lowest BCUT2D eigenvalue weighted by Gasteiger charge is -2.27. The monoisotopic (exact) mass is 484 g/mol. The molecule has 1 saturated heterocycles. The van der Waals surface area contributed by atoms with E-state index in [0.717, 1.165) is 35.2 Å². The summed E-state index contributed by atoms with van der Waals surface area (Å²) in [5.41, 5.74) is 1.03. The van der Waals surface area contributed by atoms with Crippen LogP contribution in [0.25, 0.3) is 0 Å². The molecule has 3 heterocycles. The number of nitrogens with one attached hydrogen (secondary N) is 3. The minimum absolute atomic E-state index is 0.0805. The summed E-state index contributed by atoms with van der Waals surface area (Å²) in [5, 5.41) is 9.55. The van der Waals surface area contributed by atoms with Crippen LogP contribution in [0.2, 0.25) is 0 Å². The molecule has 2 aromatic rings. The number of hydrogen-bond acceptors (Lipinski definition) is 9. The number of amides is 4. The number of fused-ring (bicyclic) bond motifs is 1. The Morgan fingerprint density at radius 1 is 1.09 bits per heavy atom. The molecule has 10 nitrogen and oxygen atoms in total. The summed E-state index contributed by atoms with van der Waals surface area (Å²) in [5.74, 6) is -1.20. The number of benzene rings is 1. The molecule has 0 bridgehead atoms. The molecule has 0 aliphatic carbocycles. The van der Waals surface area contributed by atoms with Crippen molar-refractivity contribution in [3.8, 4) is 0 Å². The first-order valence-electron chi connectivity index (χ1n) is 11.3. The fourth-order valence-electron chi connectivity index (χ4n) is 3.93. The van der Waals surface area contributed by atoms with Crippen LogP contribution in [-0.4, -0.2) is 57.0 Å². The van der Waals surface area contributed by atoms with E-state index >= 15 is 0 Å². The minimum Gasteiger partial charge on any atom is -0.384 e. The van der Waals surface area contributed by atoms with E-state index in [-0.39, 0.29) is 29.4 Å². The van der Waals surface area contributed by atoms with Crippen LogP contribution in [0.15, 0.2) is 18.2 Å². The van der Waals surface area contributed by atoms with Gasteiger partial charge in [0.05, 0.1) is 11.1 Å². The Bertz CT molecular complexity index is 1140. The summed E-state index contributed by atoms with van der Waals surface area (Å²) in [6.07, 6.45) is 1.94. The van der Waals surface area contributed by atoms with Crippen molar-refractivity contribution < 1.29 is 19.2 Å². The average Bonchev–Trinajstić information content (AvgIpc) is 3.35. The second-order valence-corrected chi connectivity index (χ2v) is 10.2. The molecule has 0 spiro atoms. The lowest BCUT2D eigenvalue weighted by molar-refractivity contribution is -0.136. The first-order valence-corrected chi connectivity index (χ1v) is 12.1. The first kappa shape index (κ1) is 23.8. The number of imide groups is 2. The van der Waals surface area contributed by atoms with Gasteiger partial charge in [0.25, 0.3) is 11.8 Å². The van der Waals surface area contributed by atoms with Crippen molar-refractivity contribution in [2.75, 3.05) is 23.7 Å². The van der Waals surface area contributed by atoms with Crippen LogP contribution in [0.3, 0.4) is 0 Å². The Morgan fingerprint density at radius 2 is 1.82 bits per heavy atom. The zero-order chi connectivity index (χ0) is 24.5. The number of hydrogen-bond donors (Lipinski definition) is 3. The zero-order valence-electron chi connectivity index (χ0n) is 19.4. The summed E-state index contributed by atoms with van der Waals surface area (Å²) in [6.45, 7) is 7.59. The highest BCUT2D eigenvalue weighted by Crippen LogP contribution is 2.32. The minimum atomic E-state index is -0.969. The van der Waals surface area contributed by atoms with Crippen molar-refractivity contribution >= 4 is 46.0 Å². The molecule has 3 N–H and O–H groups in total. The van der Waals surface area contributed by atoms with Crippen molar-refractivity contribution in [2.24, 2.45) is 0 Å². The third kappa shape index (κ3) is 4.79. The van der Waals surface area contributed by atoms with Gasteiger partial charge in [-0.25, -0.2) is 4.98 Å². The van der Waals surface area contributed by atoms with E-state index in [2.05, 4.69) is 46.1 Å². The van der Waals surface area contributed by atoms with Crippen LogP contribution in [0.1, 0.15) is 73.0 Å². The molecule has 2 aliphatic rings. The number of unbranched alkanes of at least 4 members (excludes halogenated alkanes) is 1.